The minimum atomic E-state index is -0.606. The normalized spacial score (nSPS) is 12.3. The molecule has 3 rings (SSSR count). The van der Waals surface area contributed by atoms with Crippen LogP contribution >= 0.6 is 0 Å². The quantitative estimate of drug-likeness (QED) is 0.711. The third-order valence-electron chi connectivity index (χ3n) is 4.77. The SMILES string of the molecule is CCn1c(=O)[nH]c(=O)c2c(C(=O)NC(C)c3ccccc3)cc(C(C)C)nc21. The summed E-state index contributed by atoms with van der Waals surface area (Å²) in [6.45, 7) is 7.91. The molecule has 0 saturated carbocycles. The number of pyridine rings is 1. The van der Waals surface area contributed by atoms with Crippen LogP contribution in [0.2, 0.25) is 0 Å². The zero-order valence-electron chi connectivity index (χ0n) is 16.4. The summed E-state index contributed by atoms with van der Waals surface area (Å²) in [5.74, 6) is -0.348. The molecule has 7 nitrogen and oxygen atoms in total. The topological polar surface area (TPSA) is 96.9 Å². The Balaban J connectivity index is 2.17. The zero-order chi connectivity index (χ0) is 20.4. The molecule has 3 aromatic rings. The van der Waals surface area contributed by atoms with Crippen molar-refractivity contribution in [2.75, 3.05) is 0 Å². The molecule has 1 aromatic carbocycles. The Hall–Kier alpha value is -3.22. The molecule has 1 unspecified atom stereocenters. The lowest BCUT2D eigenvalue weighted by atomic mass is 10.0. The minimum Gasteiger partial charge on any atom is -0.345 e. The van der Waals surface area contributed by atoms with E-state index in [1.54, 1.807) is 13.0 Å². The van der Waals surface area contributed by atoms with Crippen LogP contribution in [0.15, 0.2) is 46.0 Å². The molecule has 0 bridgehead atoms. The Morgan fingerprint density at radius 3 is 2.46 bits per heavy atom. The van der Waals surface area contributed by atoms with Gasteiger partial charge in [0, 0.05) is 12.2 Å². The summed E-state index contributed by atoms with van der Waals surface area (Å²) in [5, 5.41) is 3.07. The lowest BCUT2D eigenvalue weighted by Crippen LogP contribution is -2.33. The van der Waals surface area contributed by atoms with Crippen LogP contribution in [0, 0.1) is 0 Å². The van der Waals surface area contributed by atoms with Crippen LogP contribution in [0.4, 0.5) is 0 Å². The number of rotatable bonds is 5. The molecule has 28 heavy (non-hydrogen) atoms. The van der Waals surface area contributed by atoms with E-state index in [-0.39, 0.29) is 34.5 Å². The van der Waals surface area contributed by atoms with Crippen LogP contribution in [0.25, 0.3) is 11.0 Å². The van der Waals surface area contributed by atoms with Gasteiger partial charge in [-0.3, -0.25) is 19.1 Å². The van der Waals surface area contributed by atoms with Crippen LogP contribution in [-0.2, 0) is 6.54 Å². The number of benzene rings is 1. The van der Waals surface area contributed by atoms with E-state index >= 15 is 0 Å². The Bertz CT molecular complexity index is 1130. The van der Waals surface area contributed by atoms with E-state index in [1.165, 1.54) is 4.57 Å². The predicted molar refractivity (Wildman–Crippen MR) is 109 cm³/mol. The Labute approximate surface area is 162 Å². The van der Waals surface area contributed by atoms with Gasteiger partial charge < -0.3 is 5.32 Å². The summed E-state index contributed by atoms with van der Waals surface area (Å²) in [7, 11) is 0. The van der Waals surface area contributed by atoms with E-state index in [0.717, 1.165) is 5.56 Å². The number of aromatic nitrogens is 3. The van der Waals surface area contributed by atoms with Crippen LogP contribution in [0.3, 0.4) is 0 Å². The summed E-state index contributed by atoms with van der Waals surface area (Å²) in [6, 6.07) is 11.0. The second-order valence-electron chi connectivity index (χ2n) is 7.06. The fraction of sp³-hybridized carbons (Fsp3) is 0.333. The number of aryl methyl sites for hydroxylation is 1. The molecule has 146 valence electrons. The van der Waals surface area contributed by atoms with Gasteiger partial charge in [-0.05, 0) is 31.4 Å². The summed E-state index contributed by atoms with van der Waals surface area (Å²) >= 11 is 0. The van der Waals surface area contributed by atoms with Crippen LogP contribution < -0.4 is 16.6 Å². The van der Waals surface area contributed by atoms with E-state index in [4.69, 9.17) is 0 Å². The maximum absolute atomic E-state index is 13.1. The van der Waals surface area contributed by atoms with Crippen molar-refractivity contribution in [2.45, 2.75) is 46.2 Å². The molecule has 1 amide bonds. The lowest BCUT2D eigenvalue weighted by Gasteiger charge is -2.17. The number of carbonyl (C=O) groups is 1. The van der Waals surface area contributed by atoms with E-state index in [0.29, 0.717) is 12.2 Å². The van der Waals surface area contributed by atoms with Crippen molar-refractivity contribution >= 4 is 16.9 Å². The Morgan fingerprint density at radius 2 is 1.86 bits per heavy atom. The highest BCUT2D eigenvalue weighted by atomic mass is 16.2. The molecule has 7 heteroatoms. The number of hydrogen-bond donors (Lipinski definition) is 2. The number of aromatic amines is 1. The van der Waals surface area contributed by atoms with Crippen LogP contribution in [-0.4, -0.2) is 20.4 Å². The number of H-pyrrole nitrogens is 1. The van der Waals surface area contributed by atoms with Gasteiger partial charge in [0.05, 0.1) is 17.0 Å². The van der Waals surface area contributed by atoms with Gasteiger partial charge in [-0.1, -0.05) is 44.2 Å². The molecular formula is C21H24N4O3. The Kier molecular flexibility index (Phi) is 5.44. The van der Waals surface area contributed by atoms with Gasteiger partial charge >= 0.3 is 5.69 Å². The van der Waals surface area contributed by atoms with Crippen molar-refractivity contribution in [3.05, 3.63) is 74.1 Å². The maximum Gasteiger partial charge on any atom is 0.329 e. The van der Waals surface area contributed by atoms with Gasteiger partial charge in [-0.2, -0.15) is 0 Å². The Morgan fingerprint density at radius 1 is 1.18 bits per heavy atom. The van der Waals surface area contributed by atoms with Crippen molar-refractivity contribution in [2.24, 2.45) is 0 Å². The monoisotopic (exact) mass is 380 g/mol. The van der Waals surface area contributed by atoms with Gasteiger partial charge in [0.25, 0.3) is 11.5 Å². The maximum atomic E-state index is 13.1. The summed E-state index contributed by atoms with van der Waals surface area (Å²) in [4.78, 5) is 44.6. The van der Waals surface area contributed by atoms with Crippen molar-refractivity contribution in [3.8, 4) is 0 Å². The molecule has 2 N–H and O–H groups in total. The van der Waals surface area contributed by atoms with Crippen molar-refractivity contribution in [1.82, 2.24) is 19.9 Å². The van der Waals surface area contributed by atoms with Crippen LogP contribution in [0.1, 0.15) is 61.3 Å². The number of nitrogens with one attached hydrogen (secondary N) is 2. The fourth-order valence-electron chi connectivity index (χ4n) is 3.16. The first-order valence-electron chi connectivity index (χ1n) is 9.37. The fourth-order valence-corrected chi connectivity index (χ4v) is 3.16. The third-order valence-corrected chi connectivity index (χ3v) is 4.77. The molecule has 0 aliphatic carbocycles. The van der Waals surface area contributed by atoms with Crippen molar-refractivity contribution in [1.29, 1.82) is 0 Å². The minimum absolute atomic E-state index is 0.0298. The van der Waals surface area contributed by atoms with Gasteiger partial charge in [-0.25, -0.2) is 9.78 Å². The highest BCUT2D eigenvalue weighted by Gasteiger charge is 2.21. The van der Waals surface area contributed by atoms with Crippen molar-refractivity contribution < 1.29 is 4.79 Å². The molecule has 0 fully saturated rings. The van der Waals surface area contributed by atoms with Crippen molar-refractivity contribution in [3.63, 3.8) is 0 Å². The average molecular weight is 380 g/mol. The summed E-state index contributed by atoms with van der Waals surface area (Å²) in [5.41, 5.74) is 0.928. The highest BCUT2D eigenvalue weighted by Crippen LogP contribution is 2.21. The van der Waals surface area contributed by atoms with E-state index in [2.05, 4.69) is 15.3 Å². The molecule has 0 saturated heterocycles. The third kappa shape index (κ3) is 3.60. The first-order chi connectivity index (χ1) is 13.3. The molecule has 2 heterocycles. The predicted octanol–water partition coefficient (Wildman–Crippen LogP) is 2.72. The van der Waals surface area contributed by atoms with E-state index < -0.39 is 11.2 Å². The van der Waals surface area contributed by atoms with Gasteiger partial charge in [-0.15, -0.1) is 0 Å². The molecule has 0 aliphatic heterocycles. The number of nitrogens with zero attached hydrogens (tertiary/aromatic N) is 2. The first kappa shape index (κ1) is 19.5. The summed E-state index contributed by atoms with van der Waals surface area (Å²) < 4.78 is 1.38. The van der Waals surface area contributed by atoms with E-state index in [1.807, 2.05) is 51.1 Å². The van der Waals surface area contributed by atoms with Gasteiger partial charge in [0.1, 0.15) is 0 Å². The zero-order valence-corrected chi connectivity index (χ0v) is 16.4. The molecule has 2 aromatic heterocycles. The van der Waals surface area contributed by atoms with Gasteiger partial charge in [0.15, 0.2) is 5.65 Å². The number of carbonyl (C=O) groups excluding carboxylic acids is 1. The standard InChI is InChI=1S/C21H24N4O3/c1-5-25-18-17(20(27)24-21(25)28)15(11-16(23-18)12(2)3)19(26)22-13(4)14-9-7-6-8-10-14/h6-13H,5H2,1-4H3,(H,22,26)(H,24,27,28). The number of hydrogen-bond acceptors (Lipinski definition) is 4. The number of fused-ring (bicyclic) bond motifs is 1. The highest BCUT2D eigenvalue weighted by molar-refractivity contribution is 6.05. The second-order valence-corrected chi connectivity index (χ2v) is 7.06. The lowest BCUT2D eigenvalue weighted by molar-refractivity contribution is 0.0941. The molecule has 1 atom stereocenters. The second kappa shape index (κ2) is 7.80. The van der Waals surface area contributed by atoms with Crippen LogP contribution in [0.5, 0.6) is 0 Å². The largest absolute Gasteiger partial charge is 0.345 e. The molecular weight excluding hydrogens is 356 g/mol. The number of amides is 1. The smallest absolute Gasteiger partial charge is 0.329 e. The molecule has 0 radical (unpaired) electrons. The van der Waals surface area contributed by atoms with E-state index in [9.17, 15) is 14.4 Å². The summed E-state index contributed by atoms with van der Waals surface area (Å²) in [6.07, 6.45) is 0. The molecule has 0 spiro atoms. The average Bonchev–Trinajstić information content (AvgIpc) is 2.67. The molecule has 0 aliphatic rings. The first-order valence-corrected chi connectivity index (χ1v) is 9.37. The van der Waals surface area contributed by atoms with Gasteiger partial charge in [0.2, 0.25) is 0 Å².